The van der Waals surface area contributed by atoms with E-state index < -0.39 is 4.92 Å². The summed E-state index contributed by atoms with van der Waals surface area (Å²) in [4.78, 5) is 10.1. The van der Waals surface area contributed by atoms with E-state index in [2.05, 4.69) is 10.6 Å². The van der Waals surface area contributed by atoms with E-state index >= 15 is 0 Å². The molecule has 0 unspecified atom stereocenters. The molecule has 0 heterocycles. The van der Waals surface area contributed by atoms with E-state index in [1.54, 1.807) is 12.1 Å². The number of nitro benzene ring substituents is 1. The first-order chi connectivity index (χ1) is 9.54. The van der Waals surface area contributed by atoms with Crippen molar-refractivity contribution in [3.05, 3.63) is 64.2 Å². The van der Waals surface area contributed by atoms with Crippen LogP contribution < -0.4 is 10.6 Å². The van der Waals surface area contributed by atoms with Gasteiger partial charge in [0.1, 0.15) is 0 Å². The smallest absolute Gasteiger partial charge is 0.269 e. The summed E-state index contributed by atoms with van der Waals surface area (Å²) in [6.45, 7) is 2.00. The second-order valence-electron chi connectivity index (χ2n) is 4.25. The number of hydrogen-bond acceptors (Lipinski definition) is 3. The summed E-state index contributed by atoms with van der Waals surface area (Å²) in [5.41, 5.74) is 2.77. The number of nitrogens with zero attached hydrogens (tertiary/aromatic N) is 1. The first-order valence-electron chi connectivity index (χ1n) is 5.94. The molecule has 2 aromatic rings. The normalized spacial score (nSPS) is 9.85. The average molecular weight is 287 g/mol. The molecule has 0 radical (unpaired) electrons. The summed E-state index contributed by atoms with van der Waals surface area (Å²) in [6.07, 6.45) is 0. The summed E-state index contributed by atoms with van der Waals surface area (Å²) in [6, 6.07) is 13.9. The fraction of sp³-hybridized carbons (Fsp3) is 0.0714. The lowest BCUT2D eigenvalue weighted by Crippen LogP contribution is -2.18. The number of nitro groups is 1. The van der Waals surface area contributed by atoms with Crippen molar-refractivity contribution in [3.63, 3.8) is 0 Å². The molecule has 0 aliphatic rings. The first kappa shape index (κ1) is 14.0. The number of aryl methyl sites for hydroxylation is 1. The number of thiocarbonyl (C=S) groups is 1. The van der Waals surface area contributed by atoms with Gasteiger partial charge in [-0.25, -0.2) is 0 Å². The molecule has 102 valence electrons. The Morgan fingerprint density at radius 1 is 1.10 bits per heavy atom. The number of non-ortho nitro benzene ring substituents is 1. The van der Waals surface area contributed by atoms with Gasteiger partial charge in [-0.1, -0.05) is 12.1 Å². The van der Waals surface area contributed by atoms with Crippen molar-refractivity contribution in [3.8, 4) is 0 Å². The van der Waals surface area contributed by atoms with Gasteiger partial charge in [-0.2, -0.15) is 0 Å². The Bertz CT molecular complexity index is 641. The van der Waals surface area contributed by atoms with Gasteiger partial charge in [-0.15, -0.1) is 0 Å². The molecular weight excluding hydrogens is 274 g/mol. The molecule has 5 nitrogen and oxygen atoms in total. The molecule has 2 rings (SSSR count). The van der Waals surface area contributed by atoms with Crippen LogP contribution in [0.1, 0.15) is 5.56 Å². The third-order valence-corrected chi connectivity index (χ3v) is 2.82. The molecule has 0 aliphatic heterocycles. The molecule has 2 aromatic carbocycles. The number of benzene rings is 2. The van der Waals surface area contributed by atoms with Crippen LogP contribution in [0, 0.1) is 17.0 Å². The molecule has 0 aromatic heterocycles. The molecule has 6 heteroatoms. The maximum atomic E-state index is 10.6. The molecule has 0 saturated carbocycles. The highest BCUT2D eigenvalue weighted by Crippen LogP contribution is 2.16. The predicted octanol–water partition coefficient (Wildman–Crippen LogP) is 3.71. The van der Waals surface area contributed by atoms with E-state index in [0.717, 1.165) is 11.3 Å². The minimum Gasteiger partial charge on any atom is -0.332 e. The van der Waals surface area contributed by atoms with Crippen LogP contribution in [0.3, 0.4) is 0 Å². The van der Waals surface area contributed by atoms with Gasteiger partial charge in [-0.3, -0.25) is 10.1 Å². The average Bonchev–Trinajstić information content (AvgIpc) is 2.39. The quantitative estimate of drug-likeness (QED) is 0.511. The van der Waals surface area contributed by atoms with E-state index in [1.807, 2.05) is 31.2 Å². The van der Waals surface area contributed by atoms with Crippen molar-refractivity contribution < 1.29 is 4.92 Å². The fourth-order valence-corrected chi connectivity index (χ4v) is 1.92. The van der Waals surface area contributed by atoms with E-state index in [4.69, 9.17) is 12.2 Å². The van der Waals surface area contributed by atoms with Gasteiger partial charge in [0, 0.05) is 23.5 Å². The van der Waals surface area contributed by atoms with Gasteiger partial charge < -0.3 is 10.6 Å². The molecule has 20 heavy (non-hydrogen) atoms. The topological polar surface area (TPSA) is 67.2 Å². The van der Waals surface area contributed by atoms with Crippen LogP contribution in [-0.4, -0.2) is 10.0 Å². The van der Waals surface area contributed by atoms with Crippen LogP contribution in [0.2, 0.25) is 0 Å². The Morgan fingerprint density at radius 2 is 1.75 bits per heavy atom. The highest BCUT2D eigenvalue weighted by Gasteiger charge is 2.04. The molecular formula is C14H13N3O2S. The number of nitrogens with one attached hydrogen (secondary N) is 2. The highest BCUT2D eigenvalue weighted by molar-refractivity contribution is 7.80. The second kappa shape index (κ2) is 6.12. The lowest BCUT2D eigenvalue weighted by Gasteiger charge is -2.10. The van der Waals surface area contributed by atoms with E-state index in [-0.39, 0.29) is 5.69 Å². The van der Waals surface area contributed by atoms with Crippen molar-refractivity contribution in [1.29, 1.82) is 0 Å². The van der Waals surface area contributed by atoms with Gasteiger partial charge in [0.15, 0.2) is 5.11 Å². The summed E-state index contributed by atoms with van der Waals surface area (Å²) in [5.74, 6) is 0. The minimum absolute atomic E-state index is 0.0492. The second-order valence-corrected chi connectivity index (χ2v) is 4.66. The highest BCUT2D eigenvalue weighted by atomic mass is 32.1. The zero-order valence-electron chi connectivity index (χ0n) is 10.8. The fourth-order valence-electron chi connectivity index (χ4n) is 1.68. The van der Waals surface area contributed by atoms with Crippen molar-refractivity contribution in [1.82, 2.24) is 0 Å². The molecule has 2 N–H and O–H groups in total. The zero-order chi connectivity index (χ0) is 14.5. The molecule has 0 spiro atoms. The number of anilines is 2. The van der Waals surface area contributed by atoms with E-state index in [0.29, 0.717) is 10.8 Å². The monoisotopic (exact) mass is 287 g/mol. The standard InChI is InChI=1S/C14H13N3O2S/c1-10-3-2-4-12(9-10)16-14(20)15-11-5-7-13(8-6-11)17(18)19/h2-9H,1H3,(H2,15,16,20). The lowest BCUT2D eigenvalue weighted by molar-refractivity contribution is -0.384. The van der Waals surface area contributed by atoms with Crippen molar-refractivity contribution in [2.75, 3.05) is 10.6 Å². The maximum absolute atomic E-state index is 10.6. The van der Waals surface area contributed by atoms with Crippen LogP contribution in [0.4, 0.5) is 17.1 Å². The van der Waals surface area contributed by atoms with Crippen LogP contribution in [0.25, 0.3) is 0 Å². The van der Waals surface area contributed by atoms with Crippen LogP contribution in [0.15, 0.2) is 48.5 Å². The first-order valence-corrected chi connectivity index (χ1v) is 6.34. The zero-order valence-corrected chi connectivity index (χ0v) is 11.6. The Morgan fingerprint density at radius 3 is 2.35 bits per heavy atom. The number of hydrogen-bond donors (Lipinski definition) is 2. The van der Waals surface area contributed by atoms with Gasteiger partial charge in [0.25, 0.3) is 5.69 Å². The molecule has 0 amide bonds. The van der Waals surface area contributed by atoms with E-state index in [1.165, 1.54) is 12.1 Å². The molecule has 0 saturated heterocycles. The third kappa shape index (κ3) is 3.76. The summed E-state index contributed by atoms with van der Waals surface area (Å²) in [5, 5.41) is 17.0. The number of rotatable bonds is 3. The Labute approximate surface area is 121 Å². The van der Waals surface area contributed by atoms with Crippen LogP contribution in [0.5, 0.6) is 0 Å². The van der Waals surface area contributed by atoms with Crippen LogP contribution >= 0.6 is 12.2 Å². The molecule has 0 aliphatic carbocycles. The predicted molar refractivity (Wildman–Crippen MR) is 84.1 cm³/mol. The SMILES string of the molecule is Cc1cccc(NC(=S)Nc2ccc([N+](=O)[O-])cc2)c1. The van der Waals surface area contributed by atoms with Crippen molar-refractivity contribution in [2.45, 2.75) is 6.92 Å². The third-order valence-electron chi connectivity index (χ3n) is 2.61. The van der Waals surface area contributed by atoms with Gasteiger partial charge >= 0.3 is 0 Å². The Hall–Kier alpha value is -2.47. The van der Waals surface area contributed by atoms with Gasteiger partial charge in [0.05, 0.1) is 4.92 Å². The van der Waals surface area contributed by atoms with E-state index in [9.17, 15) is 10.1 Å². The molecule has 0 atom stereocenters. The Balaban J connectivity index is 1.99. The lowest BCUT2D eigenvalue weighted by atomic mass is 10.2. The van der Waals surface area contributed by atoms with Gasteiger partial charge in [0.2, 0.25) is 0 Å². The summed E-state index contributed by atoms with van der Waals surface area (Å²) < 4.78 is 0. The van der Waals surface area contributed by atoms with Crippen molar-refractivity contribution >= 4 is 34.4 Å². The summed E-state index contributed by atoms with van der Waals surface area (Å²) in [7, 11) is 0. The maximum Gasteiger partial charge on any atom is 0.269 e. The van der Waals surface area contributed by atoms with Crippen molar-refractivity contribution in [2.24, 2.45) is 0 Å². The molecule has 0 fully saturated rings. The molecule has 0 bridgehead atoms. The Kier molecular flexibility index (Phi) is 4.27. The largest absolute Gasteiger partial charge is 0.332 e. The van der Waals surface area contributed by atoms with Crippen LogP contribution in [-0.2, 0) is 0 Å². The van der Waals surface area contributed by atoms with Gasteiger partial charge in [-0.05, 0) is 49.0 Å². The summed E-state index contributed by atoms with van der Waals surface area (Å²) >= 11 is 5.19. The minimum atomic E-state index is -0.437.